The van der Waals surface area contributed by atoms with Gasteiger partial charge in [-0.15, -0.1) is 0 Å². The van der Waals surface area contributed by atoms with Crippen molar-refractivity contribution in [3.8, 4) is 0 Å². The van der Waals surface area contributed by atoms with Gasteiger partial charge in [-0.05, 0) is 0 Å². The minimum absolute atomic E-state index is 1.25. The molecule has 0 spiro atoms. The van der Waals surface area contributed by atoms with E-state index in [1.54, 1.807) is 0 Å². The molecule has 0 aromatic rings. The SMILES string of the molecule is CCC.CCCCC.CCCCCC. The van der Waals surface area contributed by atoms with Crippen molar-refractivity contribution < 1.29 is 0 Å². The van der Waals surface area contributed by atoms with E-state index >= 15 is 0 Å². The molecule has 14 heavy (non-hydrogen) atoms. The van der Waals surface area contributed by atoms with E-state index in [1.807, 2.05) is 0 Å². The van der Waals surface area contributed by atoms with Crippen molar-refractivity contribution in [2.75, 3.05) is 0 Å². The Hall–Kier alpha value is 0. The van der Waals surface area contributed by atoms with Crippen LogP contribution in [0.25, 0.3) is 0 Å². The van der Waals surface area contributed by atoms with Crippen LogP contribution in [0.1, 0.15) is 92.9 Å². The quantitative estimate of drug-likeness (QED) is 0.466. The van der Waals surface area contributed by atoms with E-state index < -0.39 is 0 Å². The summed E-state index contributed by atoms with van der Waals surface area (Å²) in [4.78, 5) is 0. The van der Waals surface area contributed by atoms with Crippen molar-refractivity contribution in [2.45, 2.75) is 92.9 Å². The zero-order valence-electron chi connectivity index (χ0n) is 11.7. The predicted octanol–water partition coefficient (Wildman–Crippen LogP) is 6.20. The van der Waals surface area contributed by atoms with Crippen molar-refractivity contribution in [1.29, 1.82) is 0 Å². The molecule has 0 saturated heterocycles. The molecule has 0 saturated carbocycles. The standard InChI is InChI=1S/C6H14.C5H12.C3H8/c1-3-5-6-4-2;1-3-5-4-2;1-3-2/h3-6H2,1-2H3;3-5H2,1-2H3;3H2,1-2H3. The van der Waals surface area contributed by atoms with Crippen LogP contribution >= 0.6 is 0 Å². The molecule has 0 nitrogen and oxygen atoms in total. The highest BCUT2D eigenvalue weighted by molar-refractivity contribution is 4.31. The summed E-state index contributed by atoms with van der Waals surface area (Å²) < 4.78 is 0. The number of hydrogen-bond acceptors (Lipinski definition) is 0. The van der Waals surface area contributed by atoms with Crippen LogP contribution in [0, 0.1) is 0 Å². The van der Waals surface area contributed by atoms with Gasteiger partial charge < -0.3 is 0 Å². The van der Waals surface area contributed by atoms with Crippen LogP contribution in [0.5, 0.6) is 0 Å². The molecule has 0 aliphatic carbocycles. The molecule has 0 aliphatic heterocycles. The Morgan fingerprint density at radius 3 is 0.714 bits per heavy atom. The summed E-state index contributed by atoms with van der Waals surface area (Å²) in [6.07, 6.45) is 10.9. The van der Waals surface area contributed by atoms with Gasteiger partial charge in [-0.25, -0.2) is 0 Å². The molecule has 0 aliphatic rings. The summed E-state index contributed by atoms with van der Waals surface area (Å²) >= 11 is 0. The second kappa shape index (κ2) is 29.2. The molecule has 0 atom stereocenters. The number of rotatable bonds is 5. The van der Waals surface area contributed by atoms with Crippen LogP contribution in [0.4, 0.5) is 0 Å². The van der Waals surface area contributed by atoms with E-state index in [4.69, 9.17) is 0 Å². The Kier molecular flexibility index (Phi) is 40.9. The highest BCUT2D eigenvalue weighted by Crippen LogP contribution is 1.95. The Bertz CT molecular complexity index is 42.0. The molecule has 0 aromatic heterocycles. The molecular weight excluding hydrogens is 168 g/mol. The average molecular weight is 202 g/mol. The fourth-order valence-corrected chi connectivity index (χ4v) is 0.854. The van der Waals surface area contributed by atoms with Crippen molar-refractivity contribution >= 4 is 0 Å². The second-order valence-electron chi connectivity index (χ2n) is 3.77. The number of unbranched alkanes of at least 4 members (excludes halogenated alkanes) is 5. The van der Waals surface area contributed by atoms with Gasteiger partial charge in [0.2, 0.25) is 0 Å². The van der Waals surface area contributed by atoms with E-state index in [2.05, 4.69) is 41.5 Å². The first-order valence-electron chi connectivity index (χ1n) is 6.74. The Labute approximate surface area is 93.5 Å². The Morgan fingerprint density at radius 1 is 0.429 bits per heavy atom. The van der Waals surface area contributed by atoms with E-state index in [-0.39, 0.29) is 0 Å². The highest BCUT2D eigenvalue weighted by atomic mass is 13.8. The molecule has 0 bridgehead atoms. The molecule has 90 valence electrons. The third kappa shape index (κ3) is 58.1. The summed E-state index contributed by atoms with van der Waals surface area (Å²) in [5.74, 6) is 0. The summed E-state index contributed by atoms with van der Waals surface area (Å²) in [6, 6.07) is 0. The van der Waals surface area contributed by atoms with Crippen LogP contribution in [-0.4, -0.2) is 0 Å². The van der Waals surface area contributed by atoms with Gasteiger partial charge in [0.1, 0.15) is 0 Å². The zero-order valence-corrected chi connectivity index (χ0v) is 11.7. The van der Waals surface area contributed by atoms with E-state index in [0.29, 0.717) is 0 Å². The highest BCUT2D eigenvalue weighted by Gasteiger charge is 1.75. The number of hydrogen-bond donors (Lipinski definition) is 0. The molecule has 0 fully saturated rings. The maximum atomic E-state index is 2.23. The summed E-state index contributed by atoms with van der Waals surface area (Å²) in [7, 11) is 0. The van der Waals surface area contributed by atoms with Crippen LogP contribution in [0.15, 0.2) is 0 Å². The van der Waals surface area contributed by atoms with Gasteiger partial charge >= 0.3 is 0 Å². The van der Waals surface area contributed by atoms with Crippen molar-refractivity contribution in [3.05, 3.63) is 0 Å². The maximum absolute atomic E-state index is 2.23. The predicted molar refractivity (Wildman–Crippen MR) is 71.0 cm³/mol. The van der Waals surface area contributed by atoms with Crippen LogP contribution in [-0.2, 0) is 0 Å². The lowest BCUT2D eigenvalue weighted by molar-refractivity contribution is 0.702. The van der Waals surface area contributed by atoms with Crippen molar-refractivity contribution in [3.63, 3.8) is 0 Å². The van der Waals surface area contributed by atoms with E-state index in [1.165, 1.54) is 51.4 Å². The summed E-state index contributed by atoms with van der Waals surface area (Å²) in [5.41, 5.74) is 0. The Morgan fingerprint density at radius 2 is 0.643 bits per heavy atom. The summed E-state index contributed by atoms with van der Waals surface area (Å²) in [5, 5.41) is 0. The van der Waals surface area contributed by atoms with Gasteiger partial charge in [-0.1, -0.05) is 92.9 Å². The molecule has 0 aromatic carbocycles. The first-order valence-corrected chi connectivity index (χ1v) is 6.74. The lowest BCUT2D eigenvalue weighted by atomic mass is 10.2. The molecule has 0 radical (unpaired) electrons. The first-order chi connectivity index (χ1) is 6.74. The maximum Gasteiger partial charge on any atom is -0.0536 e. The van der Waals surface area contributed by atoms with Crippen molar-refractivity contribution in [1.82, 2.24) is 0 Å². The lowest BCUT2D eigenvalue weighted by Crippen LogP contribution is -1.66. The monoisotopic (exact) mass is 202 g/mol. The van der Waals surface area contributed by atoms with Gasteiger partial charge in [0.05, 0.1) is 0 Å². The molecule has 0 N–H and O–H groups in total. The van der Waals surface area contributed by atoms with Gasteiger partial charge in [0, 0.05) is 0 Å². The topological polar surface area (TPSA) is 0 Å². The fraction of sp³-hybridized carbons (Fsp3) is 1.00. The van der Waals surface area contributed by atoms with Crippen LogP contribution < -0.4 is 0 Å². The van der Waals surface area contributed by atoms with E-state index in [0.717, 1.165) is 0 Å². The average Bonchev–Trinajstić information content (AvgIpc) is 2.18. The van der Waals surface area contributed by atoms with Gasteiger partial charge in [0.15, 0.2) is 0 Å². The molecule has 0 rings (SSSR count). The Balaban J connectivity index is -0.000000138. The molecular formula is C14H34. The minimum atomic E-state index is 1.25. The van der Waals surface area contributed by atoms with Crippen molar-refractivity contribution in [2.24, 2.45) is 0 Å². The van der Waals surface area contributed by atoms with Crippen LogP contribution in [0.3, 0.4) is 0 Å². The lowest BCUT2D eigenvalue weighted by Gasteiger charge is -1.86. The normalized spacial score (nSPS) is 8.14. The third-order valence-electron chi connectivity index (χ3n) is 1.66. The third-order valence-corrected chi connectivity index (χ3v) is 1.66. The smallest absolute Gasteiger partial charge is 0.0536 e. The molecule has 0 amide bonds. The van der Waals surface area contributed by atoms with Gasteiger partial charge in [-0.3, -0.25) is 0 Å². The minimum Gasteiger partial charge on any atom is -0.0656 e. The van der Waals surface area contributed by atoms with Gasteiger partial charge in [0.25, 0.3) is 0 Å². The van der Waals surface area contributed by atoms with E-state index in [9.17, 15) is 0 Å². The van der Waals surface area contributed by atoms with Crippen LogP contribution in [0.2, 0.25) is 0 Å². The second-order valence-corrected chi connectivity index (χ2v) is 3.77. The first kappa shape index (κ1) is 19.6. The molecule has 0 heterocycles. The zero-order chi connectivity index (χ0) is 11.7. The van der Waals surface area contributed by atoms with Gasteiger partial charge in [-0.2, -0.15) is 0 Å². The molecule has 0 unspecified atom stereocenters. The molecule has 0 heteroatoms. The largest absolute Gasteiger partial charge is 0.0656 e. The summed E-state index contributed by atoms with van der Waals surface area (Å²) in [6.45, 7) is 13.1. The fourth-order valence-electron chi connectivity index (χ4n) is 0.854.